The van der Waals surface area contributed by atoms with Gasteiger partial charge in [-0.1, -0.05) is 0 Å². The highest BCUT2D eigenvalue weighted by Gasteiger charge is 2.51. The predicted octanol–water partition coefficient (Wildman–Crippen LogP) is 3.22. The molecule has 4 heterocycles. The molecule has 0 bridgehead atoms. The summed E-state index contributed by atoms with van der Waals surface area (Å²) in [5.74, 6) is -0.250. The van der Waals surface area contributed by atoms with E-state index >= 15 is 0 Å². The van der Waals surface area contributed by atoms with Crippen LogP contribution in [0.3, 0.4) is 0 Å². The fourth-order valence-electron chi connectivity index (χ4n) is 4.41. The number of aromatic hydroxyl groups is 1. The molecule has 3 aromatic heterocycles. The van der Waals surface area contributed by atoms with Crippen molar-refractivity contribution in [3.05, 3.63) is 36.5 Å². The number of hydrogen-bond acceptors (Lipinski definition) is 7. The number of nitrogens with one attached hydrogen (secondary N) is 2. The van der Waals surface area contributed by atoms with Crippen LogP contribution in [0.5, 0.6) is 11.6 Å². The number of hydrogen-bond donors (Lipinski definition) is 3. The van der Waals surface area contributed by atoms with E-state index in [1.165, 1.54) is 31.3 Å². The Morgan fingerprint density at radius 3 is 2.63 bits per heavy atom. The summed E-state index contributed by atoms with van der Waals surface area (Å²) in [6.07, 6.45) is 7.11. The Morgan fingerprint density at radius 2 is 2.00 bits per heavy atom. The molecule has 0 amide bonds. The monoisotopic (exact) mass is 410 g/mol. The Kier molecular flexibility index (Phi) is 4.25. The van der Waals surface area contributed by atoms with Gasteiger partial charge in [0, 0.05) is 41.7 Å². The van der Waals surface area contributed by atoms with Crippen LogP contribution < -0.4 is 10.1 Å². The molecule has 156 valence electrons. The molecule has 1 atom stereocenters. The molecule has 2 aliphatic rings. The molecule has 2 fully saturated rings. The van der Waals surface area contributed by atoms with Gasteiger partial charge in [-0.05, 0) is 38.8 Å². The summed E-state index contributed by atoms with van der Waals surface area (Å²) in [6, 6.07) is 4.87. The summed E-state index contributed by atoms with van der Waals surface area (Å²) in [6.45, 7) is 4.40. The fraction of sp³-hybridized carbons (Fsp3) is 0.429. The van der Waals surface area contributed by atoms with Gasteiger partial charge in [0.1, 0.15) is 23.2 Å². The summed E-state index contributed by atoms with van der Waals surface area (Å²) in [5.41, 5.74) is 1.56. The van der Waals surface area contributed by atoms with Gasteiger partial charge in [-0.15, -0.1) is 10.2 Å². The highest BCUT2D eigenvalue weighted by molar-refractivity contribution is 5.69. The number of halogens is 1. The van der Waals surface area contributed by atoms with Crippen LogP contribution >= 0.6 is 0 Å². The lowest BCUT2D eigenvalue weighted by atomic mass is 9.85. The van der Waals surface area contributed by atoms with Crippen LogP contribution in [0, 0.1) is 5.95 Å². The number of nitrogens with zero attached hydrogens (tertiary/aromatic N) is 4. The van der Waals surface area contributed by atoms with E-state index in [0.717, 1.165) is 12.8 Å². The Morgan fingerprint density at radius 1 is 1.17 bits per heavy atom. The van der Waals surface area contributed by atoms with Gasteiger partial charge in [-0.25, -0.2) is 4.98 Å². The van der Waals surface area contributed by atoms with Crippen molar-refractivity contribution in [2.24, 2.45) is 0 Å². The molecule has 1 saturated carbocycles. The number of aromatic nitrogens is 5. The number of rotatable bonds is 4. The molecule has 3 aromatic rings. The average molecular weight is 410 g/mol. The van der Waals surface area contributed by atoms with Gasteiger partial charge in [0.15, 0.2) is 0 Å². The van der Waals surface area contributed by atoms with Gasteiger partial charge in [0.05, 0.1) is 11.8 Å². The molecule has 3 N–H and O–H groups in total. The molecule has 0 aromatic carbocycles. The minimum atomic E-state index is -0.584. The maximum Gasteiger partial charge on any atom is 0.233 e. The first-order chi connectivity index (χ1) is 14.3. The fourth-order valence-corrected chi connectivity index (χ4v) is 4.41. The maximum absolute atomic E-state index is 13.7. The van der Waals surface area contributed by atoms with Crippen LogP contribution in [-0.4, -0.2) is 47.7 Å². The van der Waals surface area contributed by atoms with E-state index in [0.29, 0.717) is 17.1 Å². The molecular formula is C21H23FN6O2. The van der Waals surface area contributed by atoms with E-state index in [4.69, 9.17) is 4.74 Å². The summed E-state index contributed by atoms with van der Waals surface area (Å²) in [4.78, 5) is 4.23. The second-order valence-corrected chi connectivity index (χ2v) is 8.88. The second kappa shape index (κ2) is 6.73. The zero-order valence-electron chi connectivity index (χ0n) is 16.8. The van der Waals surface area contributed by atoms with E-state index in [1.807, 2.05) is 0 Å². The Hall–Kier alpha value is -3.07. The normalized spacial score (nSPS) is 21.5. The van der Waals surface area contributed by atoms with Gasteiger partial charge in [0.25, 0.3) is 0 Å². The van der Waals surface area contributed by atoms with Gasteiger partial charge >= 0.3 is 0 Å². The topological polar surface area (TPSA) is 109 Å². The molecule has 1 aliphatic carbocycles. The SMILES string of the molecule is CC1(C)CC(Oc2ccc(-c3ncc(-c4cn[nH]c4F)cc3O)nn2)CC2(CC2)N1. The van der Waals surface area contributed by atoms with Crippen molar-refractivity contribution in [3.63, 3.8) is 0 Å². The van der Waals surface area contributed by atoms with Crippen LogP contribution in [-0.2, 0) is 0 Å². The molecule has 9 heteroatoms. The lowest BCUT2D eigenvalue weighted by molar-refractivity contribution is 0.0737. The molecule has 1 unspecified atom stereocenters. The Labute approximate surface area is 172 Å². The van der Waals surface area contributed by atoms with Crippen molar-refractivity contribution in [1.82, 2.24) is 30.7 Å². The molecule has 1 saturated heterocycles. The summed E-state index contributed by atoms with van der Waals surface area (Å²) in [7, 11) is 0. The lowest BCUT2D eigenvalue weighted by Crippen LogP contribution is -2.56. The van der Waals surface area contributed by atoms with Crippen molar-refractivity contribution < 1.29 is 14.2 Å². The van der Waals surface area contributed by atoms with Crippen molar-refractivity contribution in [2.75, 3.05) is 0 Å². The first-order valence-electron chi connectivity index (χ1n) is 10.0. The number of H-pyrrole nitrogens is 1. The third-order valence-electron chi connectivity index (χ3n) is 5.76. The molecule has 1 aliphatic heterocycles. The van der Waals surface area contributed by atoms with Crippen LogP contribution in [0.1, 0.15) is 39.5 Å². The first-order valence-corrected chi connectivity index (χ1v) is 10.0. The number of ether oxygens (including phenoxy) is 1. The van der Waals surface area contributed by atoms with Crippen molar-refractivity contribution in [1.29, 1.82) is 0 Å². The summed E-state index contributed by atoms with van der Waals surface area (Å²) < 4.78 is 19.8. The van der Waals surface area contributed by atoms with Crippen molar-refractivity contribution >= 4 is 0 Å². The standard InChI is InChI=1S/C21H23FN6O2/c1-20(2)8-13(9-21(28-20)5-6-21)30-17-4-3-15(25-26-17)18-16(29)7-12(10-23-18)14-11-24-27-19(14)22/h3-4,7,10-11,13,28-29H,5-6,8-9H2,1-2H3,(H,24,27). The van der Waals surface area contributed by atoms with Gasteiger partial charge in [-0.3, -0.25) is 5.10 Å². The maximum atomic E-state index is 13.7. The number of pyridine rings is 1. The highest BCUT2D eigenvalue weighted by atomic mass is 19.1. The van der Waals surface area contributed by atoms with Crippen LogP contribution in [0.2, 0.25) is 0 Å². The zero-order valence-corrected chi connectivity index (χ0v) is 16.8. The van der Waals surface area contributed by atoms with Crippen molar-refractivity contribution in [3.8, 4) is 34.1 Å². The zero-order chi connectivity index (χ0) is 20.9. The second-order valence-electron chi connectivity index (χ2n) is 8.88. The quantitative estimate of drug-likeness (QED) is 0.606. The lowest BCUT2D eigenvalue weighted by Gasteiger charge is -2.41. The van der Waals surface area contributed by atoms with E-state index in [2.05, 4.69) is 44.5 Å². The van der Waals surface area contributed by atoms with E-state index in [-0.39, 0.29) is 34.2 Å². The van der Waals surface area contributed by atoms with Crippen molar-refractivity contribution in [2.45, 2.75) is 56.7 Å². The summed E-state index contributed by atoms with van der Waals surface area (Å²) >= 11 is 0. The molecule has 30 heavy (non-hydrogen) atoms. The third kappa shape index (κ3) is 3.60. The van der Waals surface area contributed by atoms with E-state index < -0.39 is 5.95 Å². The first kappa shape index (κ1) is 18.9. The minimum absolute atomic E-state index is 0.0265. The molecule has 8 nitrogen and oxygen atoms in total. The smallest absolute Gasteiger partial charge is 0.233 e. The van der Waals surface area contributed by atoms with Crippen LogP contribution in [0.25, 0.3) is 22.5 Å². The third-order valence-corrected chi connectivity index (χ3v) is 5.76. The molecule has 5 rings (SSSR count). The Bertz CT molecular complexity index is 1070. The number of aromatic amines is 1. The minimum Gasteiger partial charge on any atom is -0.506 e. The number of piperidine rings is 1. The molecule has 0 radical (unpaired) electrons. The van der Waals surface area contributed by atoms with Gasteiger partial charge in [-0.2, -0.15) is 9.49 Å². The van der Waals surface area contributed by atoms with E-state index in [1.54, 1.807) is 12.1 Å². The molecular weight excluding hydrogens is 387 g/mol. The highest BCUT2D eigenvalue weighted by Crippen LogP contribution is 2.46. The largest absolute Gasteiger partial charge is 0.506 e. The van der Waals surface area contributed by atoms with Gasteiger partial charge in [0.2, 0.25) is 11.8 Å². The van der Waals surface area contributed by atoms with Crippen LogP contribution in [0.15, 0.2) is 30.6 Å². The average Bonchev–Trinajstić information content (AvgIpc) is 3.26. The van der Waals surface area contributed by atoms with Crippen LogP contribution in [0.4, 0.5) is 4.39 Å². The predicted molar refractivity (Wildman–Crippen MR) is 107 cm³/mol. The van der Waals surface area contributed by atoms with Gasteiger partial charge < -0.3 is 15.2 Å². The van der Waals surface area contributed by atoms with E-state index in [9.17, 15) is 9.50 Å². The summed E-state index contributed by atoms with van der Waals surface area (Å²) in [5, 5.41) is 28.3. The molecule has 1 spiro atoms. The Balaban J connectivity index is 1.32.